The highest BCUT2D eigenvalue weighted by Crippen LogP contribution is 2.42. The smallest absolute Gasteiger partial charge is 0.0589 e. The van der Waals surface area contributed by atoms with E-state index in [4.69, 9.17) is 4.74 Å². The first kappa shape index (κ1) is 14.1. The van der Waals surface area contributed by atoms with Crippen LogP contribution in [0.25, 0.3) is 0 Å². The molecule has 0 spiro atoms. The van der Waals surface area contributed by atoms with Gasteiger partial charge >= 0.3 is 0 Å². The molecule has 2 aliphatic rings. The first-order valence-electron chi connectivity index (χ1n) is 7.76. The van der Waals surface area contributed by atoms with E-state index >= 15 is 0 Å². The number of hydrogen-bond acceptors (Lipinski definition) is 3. The van der Waals surface area contributed by atoms with Crippen LogP contribution in [0.15, 0.2) is 30.3 Å². The number of hydrogen-bond donors (Lipinski definition) is 1. The van der Waals surface area contributed by atoms with Gasteiger partial charge in [-0.25, -0.2) is 0 Å². The molecule has 3 nitrogen and oxygen atoms in total. The second-order valence-corrected chi connectivity index (χ2v) is 6.46. The molecule has 1 aliphatic heterocycles. The van der Waals surface area contributed by atoms with Gasteiger partial charge in [-0.3, -0.25) is 4.90 Å². The van der Waals surface area contributed by atoms with Crippen LogP contribution in [0.4, 0.5) is 0 Å². The molecule has 1 saturated carbocycles. The van der Waals surface area contributed by atoms with Crippen molar-refractivity contribution in [1.29, 1.82) is 0 Å². The molecular formula is C17H26N2O. The minimum atomic E-state index is 0.291. The maximum atomic E-state index is 5.31. The fourth-order valence-corrected chi connectivity index (χ4v) is 3.49. The second-order valence-electron chi connectivity index (χ2n) is 6.46. The standard InChI is InChI=1S/C17H26N2O/c1-17(15-8-9-15)13-19(10-11-20-2)16(12-18-17)14-6-4-3-5-7-14/h3-7,15-16,18H,8-13H2,1-2H3. The monoisotopic (exact) mass is 274 g/mol. The molecule has 2 atom stereocenters. The van der Waals surface area contributed by atoms with Crippen molar-refractivity contribution in [3.63, 3.8) is 0 Å². The van der Waals surface area contributed by atoms with Crippen molar-refractivity contribution in [2.75, 3.05) is 33.4 Å². The molecule has 1 heterocycles. The van der Waals surface area contributed by atoms with Gasteiger partial charge in [-0.1, -0.05) is 30.3 Å². The Kier molecular flexibility index (Phi) is 4.11. The van der Waals surface area contributed by atoms with Gasteiger partial charge in [0, 0.05) is 38.3 Å². The number of nitrogens with zero attached hydrogens (tertiary/aromatic N) is 1. The van der Waals surface area contributed by atoms with Gasteiger partial charge in [-0.05, 0) is 31.2 Å². The zero-order valence-electron chi connectivity index (χ0n) is 12.6. The topological polar surface area (TPSA) is 24.5 Å². The first-order chi connectivity index (χ1) is 9.73. The van der Waals surface area contributed by atoms with Crippen LogP contribution in [-0.2, 0) is 4.74 Å². The summed E-state index contributed by atoms with van der Waals surface area (Å²) >= 11 is 0. The quantitative estimate of drug-likeness (QED) is 0.892. The summed E-state index contributed by atoms with van der Waals surface area (Å²) < 4.78 is 5.31. The van der Waals surface area contributed by atoms with Crippen molar-refractivity contribution in [3.05, 3.63) is 35.9 Å². The molecule has 2 unspecified atom stereocenters. The Balaban J connectivity index is 1.75. The van der Waals surface area contributed by atoms with Gasteiger partial charge in [0.2, 0.25) is 0 Å². The normalized spacial score (nSPS) is 31.4. The van der Waals surface area contributed by atoms with E-state index in [0.29, 0.717) is 11.6 Å². The van der Waals surface area contributed by atoms with E-state index < -0.39 is 0 Å². The summed E-state index contributed by atoms with van der Waals surface area (Å²) in [5.41, 5.74) is 1.70. The third-order valence-electron chi connectivity index (χ3n) is 4.92. The van der Waals surface area contributed by atoms with Crippen LogP contribution in [0.2, 0.25) is 0 Å². The molecule has 1 N–H and O–H groups in total. The lowest BCUT2D eigenvalue weighted by Gasteiger charge is -2.47. The summed E-state index contributed by atoms with van der Waals surface area (Å²) in [6.07, 6.45) is 2.77. The molecule has 1 aromatic carbocycles. The predicted octanol–water partition coefficient (Wildman–Crippen LogP) is 2.45. The van der Waals surface area contributed by atoms with Crippen LogP contribution in [0.5, 0.6) is 0 Å². The second kappa shape index (κ2) is 5.84. The van der Waals surface area contributed by atoms with Crippen molar-refractivity contribution in [2.45, 2.75) is 31.3 Å². The Bertz CT molecular complexity index is 432. The fourth-order valence-electron chi connectivity index (χ4n) is 3.49. The lowest BCUT2D eigenvalue weighted by Crippen LogP contribution is -2.61. The molecule has 0 amide bonds. The summed E-state index contributed by atoms with van der Waals surface area (Å²) in [7, 11) is 1.79. The van der Waals surface area contributed by atoms with E-state index in [2.05, 4.69) is 47.5 Å². The summed E-state index contributed by atoms with van der Waals surface area (Å²) in [6.45, 7) is 6.39. The first-order valence-corrected chi connectivity index (χ1v) is 7.76. The van der Waals surface area contributed by atoms with Crippen LogP contribution in [0, 0.1) is 5.92 Å². The molecule has 0 radical (unpaired) electrons. The third kappa shape index (κ3) is 2.90. The van der Waals surface area contributed by atoms with Gasteiger partial charge in [0.1, 0.15) is 0 Å². The lowest BCUT2D eigenvalue weighted by molar-refractivity contribution is 0.0499. The SMILES string of the molecule is COCCN1CC(C)(C2CC2)NCC1c1ccccc1. The average molecular weight is 274 g/mol. The predicted molar refractivity (Wildman–Crippen MR) is 81.8 cm³/mol. The minimum Gasteiger partial charge on any atom is -0.383 e. The number of rotatable bonds is 5. The molecule has 2 fully saturated rings. The van der Waals surface area contributed by atoms with Crippen LogP contribution >= 0.6 is 0 Å². The van der Waals surface area contributed by atoms with Crippen molar-refractivity contribution >= 4 is 0 Å². The van der Waals surface area contributed by atoms with Gasteiger partial charge in [0.25, 0.3) is 0 Å². The maximum Gasteiger partial charge on any atom is 0.0589 e. The van der Waals surface area contributed by atoms with Crippen LogP contribution in [0.1, 0.15) is 31.4 Å². The highest BCUT2D eigenvalue weighted by molar-refractivity contribution is 5.21. The van der Waals surface area contributed by atoms with E-state index in [1.54, 1.807) is 7.11 Å². The van der Waals surface area contributed by atoms with Gasteiger partial charge in [-0.2, -0.15) is 0 Å². The molecule has 20 heavy (non-hydrogen) atoms. The molecule has 1 aliphatic carbocycles. The van der Waals surface area contributed by atoms with Crippen LogP contribution in [-0.4, -0.2) is 43.8 Å². The summed E-state index contributed by atoms with van der Waals surface area (Å²) in [5, 5.41) is 3.83. The lowest BCUT2D eigenvalue weighted by atomic mass is 9.89. The number of nitrogens with one attached hydrogen (secondary N) is 1. The highest BCUT2D eigenvalue weighted by atomic mass is 16.5. The number of methoxy groups -OCH3 is 1. The van der Waals surface area contributed by atoms with Crippen molar-refractivity contribution in [1.82, 2.24) is 10.2 Å². The number of benzene rings is 1. The van der Waals surface area contributed by atoms with Crippen molar-refractivity contribution in [3.8, 4) is 0 Å². The molecule has 1 saturated heterocycles. The Hall–Kier alpha value is -0.900. The molecule has 0 bridgehead atoms. The summed E-state index contributed by atoms with van der Waals surface area (Å²) in [5.74, 6) is 0.865. The van der Waals surface area contributed by atoms with Crippen LogP contribution in [0.3, 0.4) is 0 Å². The maximum absolute atomic E-state index is 5.31. The Morgan fingerprint density at radius 2 is 2.05 bits per heavy atom. The van der Waals surface area contributed by atoms with Gasteiger partial charge in [0.05, 0.1) is 6.61 Å². The Morgan fingerprint density at radius 3 is 2.70 bits per heavy atom. The average Bonchev–Trinajstić information content (AvgIpc) is 3.31. The van der Waals surface area contributed by atoms with Gasteiger partial charge in [-0.15, -0.1) is 0 Å². The molecule has 3 heteroatoms. The molecule has 1 aromatic rings. The molecule has 0 aromatic heterocycles. The fraction of sp³-hybridized carbons (Fsp3) is 0.647. The van der Waals surface area contributed by atoms with E-state index in [1.807, 2.05) is 0 Å². The number of ether oxygens (including phenoxy) is 1. The van der Waals surface area contributed by atoms with Crippen molar-refractivity contribution < 1.29 is 4.74 Å². The Labute approximate surface area is 122 Å². The largest absolute Gasteiger partial charge is 0.383 e. The van der Waals surface area contributed by atoms with E-state index in [9.17, 15) is 0 Å². The molecule has 110 valence electrons. The number of piperazine rings is 1. The van der Waals surface area contributed by atoms with E-state index in [-0.39, 0.29) is 0 Å². The summed E-state index contributed by atoms with van der Waals surface area (Å²) in [4.78, 5) is 2.60. The summed E-state index contributed by atoms with van der Waals surface area (Å²) in [6, 6.07) is 11.3. The Morgan fingerprint density at radius 1 is 1.30 bits per heavy atom. The zero-order chi connectivity index (χ0) is 14.0. The van der Waals surface area contributed by atoms with Gasteiger partial charge in [0.15, 0.2) is 0 Å². The highest BCUT2D eigenvalue weighted by Gasteiger charge is 2.46. The van der Waals surface area contributed by atoms with Crippen LogP contribution < -0.4 is 5.32 Å². The van der Waals surface area contributed by atoms with Crippen molar-refractivity contribution in [2.24, 2.45) is 5.92 Å². The molecule has 3 rings (SSSR count). The van der Waals surface area contributed by atoms with E-state index in [1.165, 1.54) is 18.4 Å². The molecular weight excluding hydrogens is 248 g/mol. The zero-order valence-corrected chi connectivity index (χ0v) is 12.6. The minimum absolute atomic E-state index is 0.291. The third-order valence-corrected chi connectivity index (χ3v) is 4.92. The van der Waals surface area contributed by atoms with Gasteiger partial charge < -0.3 is 10.1 Å². The van der Waals surface area contributed by atoms with E-state index in [0.717, 1.165) is 32.2 Å².